The van der Waals surface area contributed by atoms with E-state index >= 15 is 0 Å². The third-order valence-electron chi connectivity index (χ3n) is 0.201. The predicted molar refractivity (Wildman–Crippen MR) is 33.0 cm³/mol. The summed E-state index contributed by atoms with van der Waals surface area (Å²) in [6.07, 6.45) is 0.225. The summed E-state index contributed by atoms with van der Waals surface area (Å²) in [4.78, 5) is 40.2. The number of phosphoric acid groups is 1. The molecule has 0 saturated heterocycles. The highest BCUT2D eigenvalue weighted by Crippen LogP contribution is 2.25. The van der Waals surface area contributed by atoms with E-state index in [1.165, 1.54) is 0 Å². The SMILES string of the molecule is NC(=O)NC=O.O=P(O)(O)O. The zero-order valence-corrected chi connectivity index (χ0v) is 6.06. The van der Waals surface area contributed by atoms with E-state index in [4.69, 9.17) is 19.2 Å². The first-order valence-electron chi connectivity index (χ1n) is 2.05. The molecule has 66 valence electrons. The summed E-state index contributed by atoms with van der Waals surface area (Å²) in [6, 6.07) is -0.829. The van der Waals surface area contributed by atoms with Gasteiger partial charge in [-0.1, -0.05) is 0 Å². The van der Waals surface area contributed by atoms with Crippen LogP contribution in [-0.2, 0) is 9.36 Å². The fraction of sp³-hybridized carbons (Fsp3) is 0. The molecule has 0 unspecified atom stereocenters. The predicted octanol–water partition coefficient (Wildman–Crippen LogP) is -2.12. The van der Waals surface area contributed by atoms with Gasteiger partial charge in [-0.25, -0.2) is 9.36 Å². The smallest absolute Gasteiger partial charge is 0.351 e. The van der Waals surface area contributed by atoms with E-state index in [-0.39, 0.29) is 6.41 Å². The molecule has 0 aliphatic rings. The number of imide groups is 1. The molecule has 9 heteroatoms. The topological polar surface area (TPSA) is 150 Å². The van der Waals surface area contributed by atoms with E-state index in [1.807, 2.05) is 0 Å². The monoisotopic (exact) mass is 186 g/mol. The van der Waals surface area contributed by atoms with E-state index in [2.05, 4.69) is 5.73 Å². The lowest BCUT2D eigenvalue weighted by Gasteiger charge is -1.82. The second-order valence-electron chi connectivity index (χ2n) is 1.14. The van der Waals surface area contributed by atoms with Crippen LogP contribution in [0.3, 0.4) is 0 Å². The lowest BCUT2D eigenvalue weighted by atomic mass is 11.0. The molecule has 0 aromatic rings. The van der Waals surface area contributed by atoms with Gasteiger partial charge in [0.25, 0.3) is 0 Å². The van der Waals surface area contributed by atoms with Crippen molar-refractivity contribution in [3.63, 3.8) is 0 Å². The van der Waals surface area contributed by atoms with Gasteiger partial charge in [0, 0.05) is 0 Å². The highest BCUT2D eigenvalue weighted by Gasteiger charge is 2.00. The van der Waals surface area contributed by atoms with Crippen molar-refractivity contribution in [2.45, 2.75) is 0 Å². The Kier molecular flexibility index (Phi) is 6.70. The molecule has 0 bridgehead atoms. The number of hydrogen-bond donors (Lipinski definition) is 5. The van der Waals surface area contributed by atoms with Crippen LogP contribution < -0.4 is 11.1 Å². The molecule has 0 aromatic carbocycles. The molecule has 0 heterocycles. The number of primary amides is 1. The van der Waals surface area contributed by atoms with Crippen LogP contribution in [0.5, 0.6) is 0 Å². The second-order valence-corrected chi connectivity index (χ2v) is 2.17. The van der Waals surface area contributed by atoms with Gasteiger partial charge in [0.15, 0.2) is 0 Å². The molecule has 0 fully saturated rings. The Labute approximate surface area is 61.3 Å². The number of nitrogens with two attached hydrogens (primary N) is 1. The minimum atomic E-state index is -4.64. The second kappa shape index (κ2) is 5.81. The molecule has 0 aromatic heterocycles. The number of urea groups is 1. The molecule has 0 radical (unpaired) electrons. The van der Waals surface area contributed by atoms with Gasteiger partial charge in [0.1, 0.15) is 0 Å². The van der Waals surface area contributed by atoms with Crippen LogP contribution in [0.15, 0.2) is 0 Å². The molecule has 0 rings (SSSR count). The molecule has 0 atom stereocenters. The molecule has 0 spiro atoms. The van der Waals surface area contributed by atoms with Crippen molar-refractivity contribution in [1.29, 1.82) is 0 Å². The summed E-state index contributed by atoms with van der Waals surface area (Å²) < 4.78 is 8.88. The van der Waals surface area contributed by atoms with Gasteiger partial charge in [-0.15, -0.1) is 0 Å². The molecular formula is C2H7N2O6P. The number of rotatable bonds is 1. The first-order valence-corrected chi connectivity index (χ1v) is 3.61. The van der Waals surface area contributed by atoms with Crippen molar-refractivity contribution in [3.05, 3.63) is 0 Å². The van der Waals surface area contributed by atoms with Crippen molar-refractivity contribution in [1.82, 2.24) is 5.32 Å². The maximum absolute atomic E-state index is 9.48. The molecule has 0 saturated carbocycles. The van der Waals surface area contributed by atoms with Crippen LogP contribution >= 0.6 is 7.82 Å². The number of nitrogens with one attached hydrogen (secondary N) is 1. The van der Waals surface area contributed by atoms with Crippen molar-refractivity contribution in [3.8, 4) is 0 Å². The third-order valence-corrected chi connectivity index (χ3v) is 0.201. The maximum atomic E-state index is 9.48. The number of hydrogen-bond acceptors (Lipinski definition) is 3. The largest absolute Gasteiger partial charge is 0.466 e. The Morgan fingerprint density at radius 3 is 1.73 bits per heavy atom. The maximum Gasteiger partial charge on any atom is 0.466 e. The van der Waals surface area contributed by atoms with Crippen molar-refractivity contribution in [2.75, 3.05) is 0 Å². The fourth-order valence-electron chi connectivity index (χ4n) is 0.0581. The standard InChI is InChI=1S/C2H4N2O2.H3O4P/c3-2(6)4-1-5;1-5(2,3)4/h1H,(H3,3,4,5,6);(H3,1,2,3,4). The third kappa shape index (κ3) is 107. The van der Waals surface area contributed by atoms with E-state index in [0.29, 0.717) is 0 Å². The minimum absolute atomic E-state index is 0.225. The van der Waals surface area contributed by atoms with Crippen molar-refractivity contribution in [2.24, 2.45) is 5.73 Å². The van der Waals surface area contributed by atoms with Gasteiger partial charge in [-0.3, -0.25) is 10.1 Å². The van der Waals surface area contributed by atoms with E-state index in [0.717, 1.165) is 0 Å². The average molecular weight is 186 g/mol. The van der Waals surface area contributed by atoms with Gasteiger partial charge < -0.3 is 20.4 Å². The Bertz CT molecular complexity index is 165. The summed E-state index contributed by atoms with van der Waals surface area (Å²) >= 11 is 0. The first kappa shape index (κ1) is 12.7. The van der Waals surface area contributed by atoms with Crippen LogP contribution in [0.25, 0.3) is 0 Å². The first-order chi connectivity index (χ1) is 4.77. The summed E-state index contributed by atoms with van der Waals surface area (Å²) in [5, 5.41) is 1.67. The molecule has 0 aliphatic carbocycles. The Balaban J connectivity index is 0. The lowest BCUT2D eigenvalue weighted by Crippen LogP contribution is -2.27. The van der Waals surface area contributed by atoms with Crippen LogP contribution in [0, 0.1) is 0 Å². The van der Waals surface area contributed by atoms with E-state index in [9.17, 15) is 9.59 Å². The van der Waals surface area contributed by atoms with Crippen molar-refractivity contribution < 1.29 is 28.8 Å². The molecule has 0 aliphatic heterocycles. The number of carbonyl (C=O) groups is 2. The quantitative estimate of drug-likeness (QED) is 0.233. The van der Waals surface area contributed by atoms with Gasteiger partial charge in [-0.05, 0) is 0 Å². The van der Waals surface area contributed by atoms with Gasteiger partial charge in [0.2, 0.25) is 6.41 Å². The van der Waals surface area contributed by atoms with Crippen molar-refractivity contribution >= 4 is 20.3 Å². The van der Waals surface area contributed by atoms with Crippen LogP contribution in [0.2, 0.25) is 0 Å². The van der Waals surface area contributed by atoms with E-state index in [1.54, 1.807) is 5.32 Å². The number of amides is 3. The zero-order valence-electron chi connectivity index (χ0n) is 5.17. The van der Waals surface area contributed by atoms with Crippen LogP contribution in [0.4, 0.5) is 4.79 Å². The summed E-state index contributed by atoms with van der Waals surface area (Å²) in [5.41, 5.74) is 4.42. The average Bonchev–Trinajstić information content (AvgIpc) is 1.58. The summed E-state index contributed by atoms with van der Waals surface area (Å²) in [6.45, 7) is 0. The molecule has 8 nitrogen and oxygen atoms in total. The van der Waals surface area contributed by atoms with Crippen LogP contribution in [0.1, 0.15) is 0 Å². The molecule has 11 heavy (non-hydrogen) atoms. The lowest BCUT2D eigenvalue weighted by molar-refractivity contribution is -0.108. The zero-order chi connectivity index (χ0) is 9.49. The van der Waals surface area contributed by atoms with Gasteiger partial charge in [-0.2, -0.15) is 0 Å². The highest BCUT2D eigenvalue weighted by molar-refractivity contribution is 7.45. The Morgan fingerprint density at radius 1 is 1.45 bits per heavy atom. The minimum Gasteiger partial charge on any atom is -0.351 e. The normalized spacial score (nSPS) is 9.00. The number of carbonyl (C=O) groups excluding carboxylic acids is 2. The van der Waals surface area contributed by atoms with Gasteiger partial charge >= 0.3 is 13.9 Å². The fourth-order valence-corrected chi connectivity index (χ4v) is 0.0581. The Morgan fingerprint density at radius 2 is 1.73 bits per heavy atom. The summed E-state index contributed by atoms with van der Waals surface area (Å²) in [5.74, 6) is 0. The molecule has 3 amide bonds. The summed E-state index contributed by atoms with van der Waals surface area (Å²) in [7, 11) is -4.64. The Hall–Kier alpha value is -0.950. The molecular weight excluding hydrogens is 179 g/mol. The van der Waals surface area contributed by atoms with Crippen LogP contribution in [-0.4, -0.2) is 27.1 Å². The van der Waals surface area contributed by atoms with E-state index < -0.39 is 13.9 Å². The van der Waals surface area contributed by atoms with Gasteiger partial charge in [0.05, 0.1) is 0 Å². The molecule has 6 N–H and O–H groups in total. The highest BCUT2D eigenvalue weighted by atomic mass is 31.2.